The van der Waals surface area contributed by atoms with Crippen molar-refractivity contribution < 1.29 is 33.8 Å². The lowest BCUT2D eigenvalue weighted by Gasteiger charge is -2.31. The number of rotatable bonds is 13. The Morgan fingerprint density at radius 2 is 1.88 bits per heavy atom. The van der Waals surface area contributed by atoms with Gasteiger partial charge in [0.25, 0.3) is 0 Å². The average Bonchev–Trinajstić information content (AvgIpc) is 3.44. The van der Waals surface area contributed by atoms with Crippen LogP contribution in [0, 0.1) is 0 Å². The lowest BCUT2D eigenvalue weighted by Crippen LogP contribution is -2.56. The molecular weight excluding hydrogens is 574 g/mol. The second kappa shape index (κ2) is 15.9. The summed E-state index contributed by atoms with van der Waals surface area (Å²) >= 11 is 1.48. The third-order valence-electron chi connectivity index (χ3n) is 7.33. The number of nitrogens with one attached hydrogen (secondary N) is 4. The maximum atomic E-state index is 13.8. The van der Waals surface area contributed by atoms with Gasteiger partial charge in [-0.3, -0.25) is 24.5 Å². The second-order valence-electron chi connectivity index (χ2n) is 12.0. The van der Waals surface area contributed by atoms with Gasteiger partial charge in [0.15, 0.2) is 0 Å². The number of ether oxygens (including phenoxy) is 1. The van der Waals surface area contributed by atoms with Gasteiger partial charge in [0.1, 0.15) is 17.7 Å². The Morgan fingerprint density at radius 3 is 2.60 bits per heavy atom. The quantitative estimate of drug-likeness (QED) is 0.165. The van der Waals surface area contributed by atoms with Crippen molar-refractivity contribution >= 4 is 41.5 Å². The van der Waals surface area contributed by atoms with Crippen LogP contribution in [0.4, 0.5) is 4.79 Å². The smallest absolute Gasteiger partial charge is 0.404 e. The first-order chi connectivity index (χ1) is 20.4. The van der Waals surface area contributed by atoms with Gasteiger partial charge in [-0.2, -0.15) is 0 Å². The fourth-order valence-corrected chi connectivity index (χ4v) is 6.34. The van der Waals surface area contributed by atoms with Crippen LogP contribution in [-0.2, 0) is 30.3 Å². The Bertz CT molecular complexity index is 1160. The Hall–Kier alpha value is -3.32. The zero-order chi connectivity index (χ0) is 31.6. The molecule has 5 N–H and O–H groups in total. The van der Waals surface area contributed by atoms with E-state index in [1.165, 1.54) is 22.2 Å². The molecular formula is C30H45N5O7S. The Kier molecular flexibility index (Phi) is 12.7. The molecule has 1 aliphatic carbocycles. The molecule has 4 amide bonds. The minimum atomic E-state index is -1.13. The van der Waals surface area contributed by atoms with Crippen LogP contribution in [0.3, 0.4) is 0 Å². The highest BCUT2D eigenvalue weighted by Crippen LogP contribution is 2.30. The summed E-state index contributed by atoms with van der Waals surface area (Å²) in [5.74, 6) is -0.802. The van der Waals surface area contributed by atoms with Crippen LogP contribution in [0.15, 0.2) is 24.3 Å². The van der Waals surface area contributed by atoms with Crippen LogP contribution < -0.4 is 21.3 Å². The van der Waals surface area contributed by atoms with Gasteiger partial charge < -0.3 is 30.7 Å². The summed E-state index contributed by atoms with van der Waals surface area (Å²) in [7, 11) is 0. The van der Waals surface area contributed by atoms with Gasteiger partial charge in [-0.25, -0.2) is 4.79 Å². The van der Waals surface area contributed by atoms with Crippen LogP contribution in [0.1, 0.15) is 77.0 Å². The fraction of sp³-hybridized carbons (Fsp3) is 0.633. The molecule has 4 unspecified atom stereocenters. The van der Waals surface area contributed by atoms with Gasteiger partial charge in [-0.1, -0.05) is 24.3 Å². The van der Waals surface area contributed by atoms with Crippen LogP contribution in [0.5, 0.6) is 0 Å². The molecule has 1 saturated heterocycles. The summed E-state index contributed by atoms with van der Waals surface area (Å²) < 4.78 is 5.27. The number of aryl methyl sites for hydroxylation is 1. The molecule has 1 aliphatic heterocycles. The first-order valence-corrected chi connectivity index (χ1v) is 16.0. The lowest BCUT2D eigenvalue weighted by molar-refractivity contribution is -0.153. The van der Waals surface area contributed by atoms with E-state index in [0.717, 1.165) is 24.8 Å². The SMILES string of the molecule is CC(NCC(=O)OC(C)(C)C)C(=O)NC(CCCCNC(=O)O)C(=O)N1CSCC1C(=O)NC1CCCc2ccccc21. The van der Waals surface area contributed by atoms with Gasteiger partial charge >= 0.3 is 12.1 Å². The van der Waals surface area contributed by atoms with E-state index in [1.54, 1.807) is 27.7 Å². The third-order valence-corrected chi connectivity index (χ3v) is 8.34. The number of carbonyl (C=O) groups excluding carboxylic acids is 4. The van der Waals surface area contributed by atoms with Crippen LogP contribution >= 0.6 is 11.8 Å². The number of fused-ring (bicyclic) bond motifs is 1. The van der Waals surface area contributed by atoms with Crippen LogP contribution in [0.25, 0.3) is 0 Å². The number of benzene rings is 1. The molecule has 2 aliphatic rings. The fourth-order valence-electron chi connectivity index (χ4n) is 5.18. The molecule has 0 spiro atoms. The molecule has 12 nitrogen and oxygen atoms in total. The zero-order valence-corrected chi connectivity index (χ0v) is 26.3. The van der Waals surface area contributed by atoms with E-state index >= 15 is 0 Å². The highest BCUT2D eigenvalue weighted by atomic mass is 32.2. The summed E-state index contributed by atoms with van der Waals surface area (Å²) in [6, 6.07) is 5.56. The predicted molar refractivity (Wildman–Crippen MR) is 163 cm³/mol. The number of nitrogens with zero attached hydrogens (tertiary/aromatic N) is 1. The maximum absolute atomic E-state index is 13.8. The summed E-state index contributed by atoms with van der Waals surface area (Å²) in [5.41, 5.74) is 1.68. The topological polar surface area (TPSA) is 166 Å². The molecule has 0 bridgehead atoms. The van der Waals surface area contributed by atoms with E-state index in [-0.39, 0.29) is 37.4 Å². The first kappa shape index (κ1) is 34.2. The molecule has 0 saturated carbocycles. The normalized spacial score (nSPS) is 19.5. The average molecular weight is 620 g/mol. The molecule has 43 heavy (non-hydrogen) atoms. The first-order valence-electron chi connectivity index (χ1n) is 14.8. The van der Waals surface area contributed by atoms with E-state index in [1.807, 2.05) is 18.2 Å². The molecule has 1 fully saturated rings. The highest BCUT2D eigenvalue weighted by Gasteiger charge is 2.39. The minimum absolute atomic E-state index is 0.117. The van der Waals surface area contributed by atoms with Crippen molar-refractivity contribution in [2.45, 2.75) is 96.0 Å². The van der Waals surface area contributed by atoms with Gasteiger partial charge in [0, 0.05) is 12.3 Å². The van der Waals surface area contributed by atoms with Crippen molar-refractivity contribution in [2.24, 2.45) is 0 Å². The van der Waals surface area contributed by atoms with Gasteiger partial charge in [0.05, 0.1) is 24.5 Å². The van der Waals surface area contributed by atoms with Gasteiger partial charge in [-0.15, -0.1) is 11.8 Å². The van der Waals surface area contributed by atoms with E-state index in [2.05, 4.69) is 27.3 Å². The molecule has 0 aromatic heterocycles. The number of hydrogen-bond donors (Lipinski definition) is 5. The Labute approximate surface area is 257 Å². The van der Waals surface area contributed by atoms with Gasteiger partial charge in [0.2, 0.25) is 17.7 Å². The Balaban J connectivity index is 1.65. The van der Waals surface area contributed by atoms with Crippen LogP contribution in [0.2, 0.25) is 0 Å². The predicted octanol–water partition coefficient (Wildman–Crippen LogP) is 2.32. The van der Waals surface area contributed by atoms with Crippen molar-refractivity contribution in [1.82, 2.24) is 26.2 Å². The molecule has 1 heterocycles. The summed E-state index contributed by atoms with van der Waals surface area (Å²) in [4.78, 5) is 64.8. The monoisotopic (exact) mass is 619 g/mol. The van der Waals surface area contributed by atoms with E-state index in [0.29, 0.717) is 24.5 Å². The van der Waals surface area contributed by atoms with Crippen molar-refractivity contribution in [3.8, 4) is 0 Å². The molecule has 0 radical (unpaired) electrons. The highest BCUT2D eigenvalue weighted by molar-refractivity contribution is 7.99. The zero-order valence-electron chi connectivity index (χ0n) is 25.4. The number of thioether (sulfide) groups is 1. The number of carbonyl (C=O) groups is 5. The summed E-state index contributed by atoms with van der Waals surface area (Å²) in [6.45, 7) is 6.87. The van der Waals surface area contributed by atoms with Gasteiger partial charge in [-0.05, 0) is 77.3 Å². The minimum Gasteiger partial charge on any atom is -0.465 e. The third kappa shape index (κ3) is 10.7. The second-order valence-corrected chi connectivity index (χ2v) is 13.0. The van der Waals surface area contributed by atoms with Crippen molar-refractivity contribution in [3.05, 3.63) is 35.4 Å². The standard InChI is InChI=1S/C30H45N5O7S/c1-19(32-16-25(36)42-30(2,3)4)26(37)34-23(13-7-8-15-31-29(40)41)28(39)35-18-43-17-24(35)27(38)33-22-14-9-11-20-10-5-6-12-21(20)22/h5-6,10,12,19,22-24,31-32H,7-9,11,13-18H2,1-4H3,(H,33,38)(H,34,37)(H,40,41). The van der Waals surface area contributed by atoms with Crippen LogP contribution in [-0.4, -0.2) is 88.2 Å². The number of amides is 4. The largest absolute Gasteiger partial charge is 0.465 e. The van der Waals surface area contributed by atoms with E-state index in [4.69, 9.17) is 9.84 Å². The lowest BCUT2D eigenvalue weighted by atomic mass is 9.87. The number of hydrogen-bond acceptors (Lipinski definition) is 8. The summed E-state index contributed by atoms with van der Waals surface area (Å²) in [5, 5.41) is 19.9. The molecule has 4 atom stereocenters. The molecule has 1 aromatic carbocycles. The molecule has 3 rings (SSSR count). The molecule has 1 aromatic rings. The molecule has 13 heteroatoms. The summed E-state index contributed by atoms with van der Waals surface area (Å²) in [6.07, 6.45) is 2.83. The number of carboxylic acid groups (broad SMARTS) is 1. The van der Waals surface area contributed by atoms with Crippen molar-refractivity contribution in [1.29, 1.82) is 0 Å². The van der Waals surface area contributed by atoms with E-state index < -0.39 is 41.7 Å². The maximum Gasteiger partial charge on any atom is 0.404 e. The Morgan fingerprint density at radius 1 is 1.14 bits per heavy atom. The number of unbranched alkanes of at least 4 members (excludes halogenated alkanes) is 1. The number of esters is 1. The van der Waals surface area contributed by atoms with Crippen molar-refractivity contribution in [2.75, 3.05) is 24.7 Å². The van der Waals surface area contributed by atoms with E-state index in [9.17, 15) is 24.0 Å². The molecule has 238 valence electrons. The van der Waals surface area contributed by atoms with Crippen molar-refractivity contribution in [3.63, 3.8) is 0 Å².